The van der Waals surface area contributed by atoms with Crippen molar-refractivity contribution in [3.05, 3.63) is 237 Å². The number of nitrogens with zero attached hydrogens (tertiary/aromatic N) is 1. The summed E-state index contributed by atoms with van der Waals surface area (Å²) in [4.78, 5) is 2.51. The second kappa shape index (κ2) is 14.3. The number of hydrogen-bond acceptors (Lipinski definition) is 1. The Morgan fingerprint density at radius 2 is 0.679 bits per heavy atom. The molecule has 9 aromatic rings. The third-order valence-electron chi connectivity index (χ3n) is 11.4. The van der Waals surface area contributed by atoms with Gasteiger partial charge >= 0.3 is 0 Å². The van der Waals surface area contributed by atoms with Gasteiger partial charge in [0.25, 0.3) is 0 Å². The van der Waals surface area contributed by atoms with Crippen molar-refractivity contribution >= 4 is 45.9 Å². The fourth-order valence-electron chi connectivity index (χ4n) is 8.90. The summed E-state index contributed by atoms with van der Waals surface area (Å²) in [5.41, 5.74) is 13.2. The molecule has 56 heavy (non-hydrogen) atoms. The minimum absolute atomic E-state index is 1.10. The van der Waals surface area contributed by atoms with Gasteiger partial charge in [-0.05, 0) is 78.4 Å². The molecule has 0 saturated heterocycles. The Morgan fingerprint density at radius 3 is 1.23 bits per heavy atom. The first-order chi connectivity index (χ1) is 27.8. The third-order valence-corrected chi connectivity index (χ3v) is 16.2. The quantitative estimate of drug-likeness (QED) is 0.141. The zero-order valence-corrected chi connectivity index (χ0v) is 32.0. The second-order valence-corrected chi connectivity index (χ2v) is 18.2. The molecule has 0 fully saturated rings. The van der Waals surface area contributed by atoms with Crippen molar-refractivity contribution < 1.29 is 0 Å². The van der Waals surface area contributed by atoms with Gasteiger partial charge < -0.3 is 4.90 Å². The molecular formula is C54H39NSi. The van der Waals surface area contributed by atoms with Crippen LogP contribution >= 0.6 is 0 Å². The first kappa shape index (κ1) is 33.6. The predicted molar refractivity (Wildman–Crippen MR) is 240 cm³/mol. The molecular weight excluding hydrogens is 691 g/mol. The summed E-state index contributed by atoms with van der Waals surface area (Å²) in [6.07, 6.45) is 0. The molecule has 0 saturated carbocycles. The summed E-state index contributed by atoms with van der Waals surface area (Å²) in [6.45, 7) is 0. The predicted octanol–water partition coefficient (Wildman–Crippen LogP) is 11.5. The standard InChI is InChI=1S/C54H39NSi/c1-6-19-40(20-7-1)41-33-35-44(36-34-41)55(54-48(42-21-8-2-9-22-42)30-18-31-49(54)43-23-10-3-11-24-43)45-37-38-51-50-29-16-17-32-52(50)56(53(51)39-45,46-25-12-4-13-26-46)47-27-14-5-15-28-47/h1-39H. The van der Waals surface area contributed by atoms with E-state index in [2.05, 4.69) is 241 Å². The van der Waals surface area contributed by atoms with E-state index in [1.807, 2.05) is 0 Å². The number of para-hydroxylation sites is 1. The summed E-state index contributed by atoms with van der Waals surface area (Å²) in [5, 5.41) is 5.64. The SMILES string of the molecule is c1ccc(-c2ccc(N(c3ccc4c(c3)[Si](c3ccccc3)(c3ccccc3)c3ccccc3-4)c3c(-c4ccccc4)cccc3-c3ccccc3)cc2)cc1. The molecule has 1 heterocycles. The van der Waals surface area contributed by atoms with Crippen molar-refractivity contribution in [3.8, 4) is 44.5 Å². The van der Waals surface area contributed by atoms with Crippen molar-refractivity contribution in [2.45, 2.75) is 0 Å². The molecule has 1 aliphatic heterocycles. The topological polar surface area (TPSA) is 3.24 Å². The molecule has 0 bridgehead atoms. The molecule has 0 spiro atoms. The molecule has 1 aliphatic rings. The molecule has 0 N–H and O–H groups in total. The van der Waals surface area contributed by atoms with Crippen molar-refractivity contribution in [2.75, 3.05) is 4.90 Å². The van der Waals surface area contributed by atoms with E-state index in [4.69, 9.17) is 0 Å². The molecule has 1 nitrogen and oxygen atoms in total. The molecule has 0 amide bonds. The highest BCUT2D eigenvalue weighted by Gasteiger charge is 2.48. The van der Waals surface area contributed by atoms with Crippen molar-refractivity contribution in [1.82, 2.24) is 0 Å². The Bertz CT molecular complexity index is 2670. The van der Waals surface area contributed by atoms with Gasteiger partial charge in [-0.15, -0.1) is 0 Å². The minimum atomic E-state index is -2.74. The van der Waals surface area contributed by atoms with Gasteiger partial charge in [0.05, 0.1) is 5.69 Å². The lowest BCUT2D eigenvalue weighted by Gasteiger charge is -2.34. The Kier molecular flexibility index (Phi) is 8.59. The number of rotatable bonds is 8. The van der Waals surface area contributed by atoms with Crippen LogP contribution in [0.25, 0.3) is 44.5 Å². The first-order valence-corrected chi connectivity index (χ1v) is 21.4. The van der Waals surface area contributed by atoms with Crippen molar-refractivity contribution in [2.24, 2.45) is 0 Å². The monoisotopic (exact) mass is 729 g/mol. The zero-order chi connectivity index (χ0) is 37.3. The summed E-state index contributed by atoms with van der Waals surface area (Å²) in [5.74, 6) is 0. The number of hydrogen-bond donors (Lipinski definition) is 0. The molecule has 9 aromatic carbocycles. The van der Waals surface area contributed by atoms with E-state index in [0.29, 0.717) is 0 Å². The lowest BCUT2D eigenvalue weighted by Crippen LogP contribution is -2.72. The van der Waals surface area contributed by atoms with E-state index in [1.54, 1.807) is 0 Å². The van der Waals surface area contributed by atoms with Crippen molar-refractivity contribution in [1.29, 1.82) is 0 Å². The van der Waals surface area contributed by atoms with E-state index in [0.717, 1.165) is 17.1 Å². The molecule has 0 radical (unpaired) electrons. The molecule has 0 unspecified atom stereocenters. The van der Waals surface area contributed by atoms with E-state index in [-0.39, 0.29) is 0 Å². The maximum Gasteiger partial charge on any atom is 0.180 e. The molecule has 0 aliphatic carbocycles. The van der Waals surface area contributed by atoms with Crippen LogP contribution in [0.1, 0.15) is 0 Å². The average Bonchev–Trinajstić information content (AvgIpc) is 3.59. The van der Waals surface area contributed by atoms with Crippen molar-refractivity contribution in [3.63, 3.8) is 0 Å². The van der Waals surface area contributed by atoms with E-state index in [1.165, 1.54) is 65.3 Å². The highest BCUT2D eigenvalue weighted by atomic mass is 28.3. The molecule has 0 aromatic heterocycles. The van der Waals surface area contributed by atoms with Crippen LogP contribution in [0.2, 0.25) is 0 Å². The van der Waals surface area contributed by atoms with Crippen LogP contribution in [0, 0.1) is 0 Å². The third kappa shape index (κ3) is 5.62. The zero-order valence-electron chi connectivity index (χ0n) is 31.0. The van der Waals surface area contributed by atoms with E-state index in [9.17, 15) is 0 Å². The molecule has 10 rings (SSSR count). The van der Waals surface area contributed by atoms with Gasteiger partial charge in [0.1, 0.15) is 0 Å². The molecule has 264 valence electrons. The Morgan fingerprint density at radius 1 is 0.268 bits per heavy atom. The Hall–Kier alpha value is -7.00. The summed E-state index contributed by atoms with van der Waals surface area (Å²) >= 11 is 0. The summed E-state index contributed by atoms with van der Waals surface area (Å²) in [7, 11) is -2.74. The fourth-order valence-corrected chi connectivity index (χ4v) is 14.1. The number of fused-ring (bicyclic) bond motifs is 3. The second-order valence-electron chi connectivity index (χ2n) is 14.4. The van der Waals surface area contributed by atoms with Crippen LogP contribution in [0.3, 0.4) is 0 Å². The maximum absolute atomic E-state index is 2.74. The number of benzene rings is 9. The Balaban J connectivity index is 1.28. The average molecular weight is 730 g/mol. The van der Waals surface area contributed by atoms with Gasteiger partial charge in [0.2, 0.25) is 0 Å². The lowest BCUT2D eigenvalue weighted by molar-refractivity contribution is 1.29. The van der Waals surface area contributed by atoms with Gasteiger partial charge in [-0.3, -0.25) is 0 Å². The molecule has 0 atom stereocenters. The van der Waals surface area contributed by atoms with E-state index >= 15 is 0 Å². The molecule has 2 heteroatoms. The van der Waals surface area contributed by atoms with E-state index < -0.39 is 8.07 Å². The lowest BCUT2D eigenvalue weighted by atomic mass is 9.94. The van der Waals surface area contributed by atoms with Gasteiger partial charge in [0.15, 0.2) is 8.07 Å². The minimum Gasteiger partial charge on any atom is -0.309 e. The van der Waals surface area contributed by atoms with Crippen LogP contribution in [0.4, 0.5) is 17.1 Å². The first-order valence-electron chi connectivity index (χ1n) is 19.4. The van der Waals surface area contributed by atoms with Crippen LogP contribution in [-0.2, 0) is 0 Å². The maximum atomic E-state index is 2.53. The normalized spacial score (nSPS) is 12.4. The number of anilines is 3. The summed E-state index contributed by atoms with van der Waals surface area (Å²) in [6, 6.07) is 87.1. The largest absolute Gasteiger partial charge is 0.309 e. The van der Waals surface area contributed by atoms with Gasteiger partial charge in [-0.2, -0.15) is 0 Å². The fraction of sp³-hybridized carbons (Fsp3) is 0. The highest BCUT2D eigenvalue weighted by molar-refractivity contribution is 7.22. The van der Waals surface area contributed by atoms with Gasteiger partial charge in [0, 0.05) is 22.5 Å². The summed E-state index contributed by atoms with van der Waals surface area (Å²) < 4.78 is 0. The highest BCUT2D eigenvalue weighted by Crippen LogP contribution is 2.47. The van der Waals surface area contributed by atoms with Gasteiger partial charge in [-0.1, -0.05) is 212 Å². The van der Waals surface area contributed by atoms with Crippen LogP contribution < -0.4 is 25.6 Å². The smallest absolute Gasteiger partial charge is 0.180 e. The van der Waals surface area contributed by atoms with Crippen LogP contribution in [0.15, 0.2) is 237 Å². The van der Waals surface area contributed by atoms with Crippen LogP contribution in [0.5, 0.6) is 0 Å². The Labute approximate surface area is 330 Å². The van der Waals surface area contributed by atoms with Crippen LogP contribution in [-0.4, -0.2) is 8.07 Å². The van der Waals surface area contributed by atoms with Gasteiger partial charge in [-0.25, -0.2) is 0 Å².